The first kappa shape index (κ1) is 11.0. The van der Waals surface area contributed by atoms with Crippen molar-refractivity contribution in [3.05, 3.63) is 32.1 Å². The second-order valence-corrected chi connectivity index (χ2v) is 3.79. The van der Waals surface area contributed by atoms with Crippen molar-refractivity contribution in [3.63, 3.8) is 0 Å². The minimum atomic E-state index is -4.70. The summed E-state index contributed by atoms with van der Waals surface area (Å²) in [4.78, 5) is 0. The van der Waals surface area contributed by atoms with Crippen LogP contribution in [0.15, 0.2) is 12.1 Å². The fraction of sp³-hybridized carbons (Fsp3) is 0.143. The Labute approximate surface area is 90.0 Å². The van der Waals surface area contributed by atoms with E-state index in [-0.39, 0.29) is 3.57 Å². The summed E-state index contributed by atoms with van der Waals surface area (Å²) >= 11 is 6.62. The molecule has 0 radical (unpaired) electrons. The van der Waals surface area contributed by atoms with E-state index in [4.69, 9.17) is 11.6 Å². The number of alkyl halides is 3. The van der Waals surface area contributed by atoms with Gasteiger partial charge in [0.25, 0.3) is 0 Å². The van der Waals surface area contributed by atoms with E-state index in [1.165, 1.54) is 22.6 Å². The highest BCUT2D eigenvalue weighted by atomic mass is 127. The number of rotatable bonds is 0. The number of hydrogen-bond acceptors (Lipinski definition) is 0. The van der Waals surface area contributed by atoms with Gasteiger partial charge in [0.1, 0.15) is 5.56 Å². The monoisotopic (exact) mass is 324 g/mol. The van der Waals surface area contributed by atoms with Crippen LogP contribution in [0.2, 0.25) is 5.02 Å². The van der Waals surface area contributed by atoms with Crippen molar-refractivity contribution >= 4 is 34.2 Å². The highest BCUT2D eigenvalue weighted by Gasteiger charge is 2.37. The lowest BCUT2D eigenvalue weighted by molar-refractivity contribution is -0.140. The minimum absolute atomic E-state index is 0.202. The Balaban J connectivity index is 3.43. The second kappa shape index (κ2) is 3.61. The molecule has 0 saturated carbocycles. The molecule has 0 nitrogen and oxygen atoms in total. The zero-order valence-electron chi connectivity index (χ0n) is 5.92. The third-order valence-corrected chi connectivity index (χ3v) is 2.52. The third-order valence-electron chi connectivity index (χ3n) is 1.33. The average Bonchev–Trinajstić information content (AvgIpc) is 1.95. The average molecular weight is 324 g/mol. The Morgan fingerprint density at radius 3 is 2.15 bits per heavy atom. The van der Waals surface area contributed by atoms with Crippen molar-refractivity contribution in [1.29, 1.82) is 0 Å². The molecule has 1 aromatic rings. The van der Waals surface area contributed by atoms with Gasteiger partial charge in [-0.1, -0.05) is 11.6 Å². The van der Waals surface area contributed by atoms with Crippen molar-refractivity contribution in [2.24, 2.45) is 0 Å². The van der Waals surface area contributed by atoms with Gasteiger partial charge >= 0.3 is 6.18 Å². The molecule has 0 aliphatic heterocycles. The summed E-state index contributed by atoms with van der Waals surface area (Å²) < 4.78 is 49.3. The van der Waals surface area contributed by atoms with Crippen LogP contribution in [0.3, 0.4) is 0 Å². The molecule has 0 amide bonds. The van der Waals surface area contributed by atoms with Gasteiger partial charge in [0.15, 0.2) is 5.82 Å². The highest BCUT2D eigenvalue weighted by Crippen LogP contribution is 2.36. The number of hydrogen-bond donors (Lipinski definition) is 0. The van der Waals surface area contributed by atoms with Crippen LogP contribution >= 0.6 is 34.2 Å². The summed E-state index contributed by atoms with van der Waals surface area (Å²) in [6, 6.07) is 2.21. The molecule has 13 heavy (non-hydrogen) atoms. The molecule has 0 unspecified atom stereocenters. The first-order valence-corrected chi connectivity index (χ1v) is 4.50. The summed E-state index contributed by atoms with van der Waals surface area (Å²) in [7, 11) is 0. The SMILES string of the molecule is Fc1c(Cl)ccc(I)c1C(F)(F)F. The molecule has 0 saturated heterocycles. The Morgan fingerprint density at radius 1 is 1.23 bits per heavy atom. The van der Waals surface area contributed by atoms with Crippen LogP contribution in [-0.4, -0.2) is 0 Å². The maximum absolute atomic E-state index is 12.9. The molecule has 0 aromatic heterocycles. The van der Waals surface area contributed by atoms with Gasteiger partial charge in [-0.3, -0.25) is 0 Å². The minimum Gasteiger partial charge on any atom is -0.205 e. The molecule has 0 aliphatic carbocycles. The molecule has 0 atom stereocenters. The lowest BCUT2D eigenvalue weighted by Gasteiger charge is -2.10. The molecule has 72 valence electrons. The summed E-state index contributed by atoms with van der Waals surface area (Å²) in [5.74, 6) is -1.42. The number of halogens is 6. The van der Waals surface area contributed by atoms with Gasteiger partial charge in [0, 0.05) is 3.57 Å². The number of benzene rings is 1. The van der Waals surface area contributed by atoms with Gasteiger partial charge in [-0.25, -0.2) is 4.39 Å². The smallest absolute Gasteiger partial charge is 0.205 e. The Kier molecular flexibility index (Phi) is 3.06. The fourth-order valence-electron chi connectivity index (χ4n) is 0.787. The van der Waals surface area contributed by atoms with E-state index < -0.39 is 22.6 Å². The molecule has 0 N–H and O–H groups in total. The summed E-state index contributed by atoms with van der Waals surface area (Å²) in [6.45, 7) is 0. The maximum atomic E-state index is 12.9. The molecule has 0 bridgehead atoms. The third kappa shape index (κ3) is 2.25. The van der Waals surface area contributed by atoms with Gasteiger partial charge in [-0.05, 0) is 34.7 Å². The van der Waals surface area contributed by atoms with Crippen molar-refractivity contribution in [2.75, 3.05) is 0 Å². The van der Waals surface area contributed by atoms with E-state index in [0.29, 0.717) is 0 Å². The Hall–Kier alpha value is -0.0400. The Bertz CT molecular complexity index is 334. The van der Waals surface area contributed by atoms with E-state index in [1.54, 1.807) is 0 Å². The van der Waals surface area contributed by atoms with Crippen LogP contribution in [0, 0.1) is 9.39 Å². The predicted molar refractivity (Wildman–Crippen MR) is 49.1 cm³/mol. The normalized spacial score (nSPS) is 11.8. The largest absolute Gasteiger partial charge is 0.420 e. The quantitative estimate of drug-likeness (QED) is 0.383. The highest BCUT2D eigenvalue weighted by molar-refractivity contribution is 14.1. The summed E-state index contributed by atoms with van der Waals surface area (Å²) in [5.41, 5.74) is -1.30. The van der Waals surface area contributed by atoms with E-state index in [1.807, 2.05) is 0 Å². The van der Waals surface area contributed by atoms with Crippen molar-refractivity contribution in [1.82, 2.24) is 0 Å². The molecule has 0 spiro atoms. The van der Waals surface area contributed by atoms with Crippen LogP contribution in [0.25, 0.3) is 0 Å². The van der Waals surface area contributed by atoms with Gasteiger partial charge in [0.2, 0.25) is 0 Å². The predicted octanol–water partition coefficient (Wildman–Crippen LogP) is 4.10. The van der Waals surface area contributed by atoms with Crippen molar-refractivity contribution < 1.29 is 17.6 Å². The molecule has 1 aromatic carbocycles. The molecule has 0 heterocycles. The Morgan fingerprint density at radius 2 is 1.77 bits per heavy atom. The standard InChI is InChI=1S/C7H2ClF4I/c8-3-1-2-4(13)5(6(3)9)7(10,11)12/h1-2H. The van der Waals surface area contributed by atoms with Gasteiger partial charge in [-0.15, -0.1) is 0 Å². The summed E-state index contributed by atoms with van der Waals surface area (Å²) in [6.07, 6.45) is -4.70. The first-order valence-electron chi connectivity index (χ1n) is 3.04. The lowest BCUT2D eigenvalue weighted by atomic mass is 10.2. The van der Waals surface area contributed by atoms with E-state index in [0.717, 1.165) is 12.1 Å². The van der Waals surface area contributed by atoms with Crippen LogP contribution in [0.5, 0.6) is 0 Å². The van der Waals surface area contributed by atoms with E-state index >= 15 is 0 Å². The van der Waals surface area contributed by atoms with Crippen LogP contribution < -0.4 is 0 Å². The zero-order chi connectivity index (χ0) is 10.2. The van der Waals surface area contributed by atoms with Crippen molar-refractivity contribution in [3.8, 4) is 0 Å². The van der Waals surface area contributed by atoms with Gasteiger partial charge < -0.3 is 0 Å². The van der Waals surface area contributed by atoms with Crippen LogP contribution in [0.4, 0.5) is 17.6 Å². The zero-order valence-corrected chi connectivity index (χ0v) is 8.84. The molecule has 1 rings (SSSR count). The maximum Gasteiger partial charge on any atom is 0.420 e. The molecular weight excluding hydrogens is 322 g/mol. The van der Waals surface area contributed by atoms with Gasteiger partial charge in [0.05, 0.1) is 5.02 Å². The van der Waals surface area contributed by atoms with E-state index in [9.17, 15) is 17.6 Å². The molecule has 0 fully saturated rings. The van der Waals surface area contributed by atoms with Crippen molar-refractivity contribution in [2.45, 2.75) is 6.18 Å². The molecular formula is C7H2ClF4I. The second-order valence-electron chi connectivity index (χ2n) is 2.22. The topological polar surface area (TPSA) is 0 Å². The first-order chi connectivity index (χ1) is 5.84. The molecule has 6 heteroatoms. The van der Waals surface area contributed by atoms with Gasteiger partial charge in [-0.2, -0.15) is 13.2 Å². The van der Waals surface area contributed by atoms with E-state index in [2.05, 4.69) is 0 Å². The molecule has 0 aliphatic rings. The fourth-order valence-corrected chi connectivity index (χ4v) is 1.67. The lowest BCUT2D eigenvalue weighted by Crippen LogP contribution is -2.10. The summed E-state index contributed by atoms with van der Waals surface area (Å²) in [5, 5.41) is -0.521. The van der Waals surface area contributed by atoms with Crippen LogP contribution in [-0.2, 0) is 6.18 Å². The van der Waals surface area contributed by atoms with Crippen LogP contribution in [0.1, 0.15) is 5.56 Å².